The SMILES string of the molecule is CCC(C(F)F)C(O)(c1ccc(OC(C)C)cc1)C(C)C. The zero-order chi connectivity index (χ0) is 16.2. The number of alkyl halides is 2. The summed E-state index contributed by atoms with van der Waals surface area (Å²) >= 11 is 0. The summed E-state index contributed by atoms with van der Waals surface area (Å²) in [5.41, 5.74) is -1.03. The summed E-state index contributed by atoms with van der Waals surface area (Å²) in [6.07, 6.45) is -2.30. The van der Waals surface area contributed by atoms with Crippen molar-refractivity contribution in [1.82, 2.24) is 0 Å². The van der Waals surface area contributed by atoms with Gasteiger partial charge in [-0.3, -0.25) is 0 Å². The van der Waals surface area contributed by atoms with Crippen LogP contribution >= 0.6 is 0 Å². The van der Waals surface area contributed by atoms with Crippen LogP contribution in [0.1, 0.15) is 46.6 Å². The van der Waals surface area contributed by atoms with Crippen LogP contribution in [0, 0.1) is 11.8 Å². The summed E-state index contributed by atoms with van der Waals surface area (Å²) in [6.45, 7) is 9.05. The standard InChI is InChI=1S/C17H26F2O2/c1-6-15(16(18)19)17(20,11(2)3)13-7-9-14(10-8-13)21-12(4)5/h7-12,15-16,20H,6H2,1-5H3. The number of halogens is 2. The highest BCUT2D eigenvalue weighted by Gasteiger charge is 2.45. The molecule has 0 aliphatic heterocycles. The van der Waals surface area contributed by atoms with Crippen LogP contribution in [0.2, 0.25) is 0 Å². The van der Waals surface area contributed by atoms with Crippen LogP contribution in [-0.2, 0) is 5.60 Å². The molecule has 0 saturated heterocycles. The smallest absolute Gasteiger partial charge is 0.244 e. The van der Waals surface area contributed by atoms with Gasteiger partial charge in [0, 0.05) is 0 Å². The Morgan fingerprint density at radius 2 is 1.62 bits per heavy atom. The first-order valence-corrected chi connectivity index (χ1v) is 7.51. The van der Waals surface area contributed by atoms with Crippen molar-refractivity contribution in [2.75, 3.05) is 0 Å². The molecule has 2 unspecified atom stereocenters. The third kappa shape index (κ3) is 3.94. The first kappa shape index (κ1) is 17.9. The van der Waals surface area contributed by atoms with E-state index in [-0.39, 0.29) is 18.4 Å². The van der Waals surface area contributed by atoms with E-state index in [1.165, 1.54) is 0 Å². The number of hydrogen-bond donors (Lipinski definition) is 1. The van der Waals surface area contributed by atoms with E-state index in [2.05, 4.69) is 0 Å². The van der Waals surface area contributed by atoms with E-state index >= 15 is 0 Å². The molecule has 0 saturated carbocycles. The predicted octanol–water partition coefficient (Wildman–Crippen LogP) is 4.61. The molecule has 120 valence electrons. The summed E-state index contributed by atoms with van der Waals surface area (Å²) in [5, 5.41) is 10.9. The molecule has 1 N–H and O–H groups in total. The van der Waals surface area contributed by atoms with E-state index in [0.717, 1.165) is 0 Å². The van der Waals surface area contributed by atoms with Crippen LogP contribution < -0.4 is 4.74 Å². The van der Waals surface area contributed by atoms with Gasteiger partial charge in [-0.05, 0) is 43.9 Å². The Kier molecular flexibility index (Phi) is 6.14. The summed E-state index contributed by atoms with van der Waals surface area (Å²) in [4.78, 5) is 0. The van der Waals surface area contributed by atoms with Gasteiger partial charge < -0.3 is 9.84 Å². The largest absolute Gasteiger partial charge is 0.491 e. The van der Waals surface area contributed by atoms with Crippen LogP contribution in [0.4, 0.5) is 8.78 Å². The van der Waals surface area contributed by atoms with Gasteiger partial charge in [0.05, 0.1) is 12.0 Å². The molecule has 2 atom stereocenters. The highest BCUT2D eigenvalue weighted by molar-refractivity contribution is 5.32. The zero-order valence-electron chi connectivity index (χ0n) is 13.4. The van der Waals surface area contributed by atoms with Gasteiger partial charge in [0.15, 0.2) is 0 Å². The van der Waals surface area contributed by atoms with Gasteiger partial charge in [0.2, 0.25) is 6.43 Å². The van der Waals surface area contributed by atoms with Crippen molar-refractivity contribution < 1.29 is 18.6 Å². The van der Waals surface area contributed by atoms with Gasteiger partial charge in [0.25, 0.3) is 0 Å². The molecule has 21 heavy (non-hydrogen) atoms. The van der Waals surface area contributed by atoms with E-state index in [4.69, 9.17) is 4.74 Å². The summed E-state index contributed by atoms with van der Waals surface area (Å²) in [5.74, 6) is -0.729. The van der Waals surface area contributed by atoms with Crippen molar-refractivity contribution >= 4 is 0 Å². The highest BCUT2D eigenvalue weighted by Crippen LogP contribution is 2.42. The average molecular weight is 300 g/mol. The lowest BCUT2D eigenvalue weighted by Gasteiger charge is -2.39. The van der Waals surface area contributed by atoms with E-state index in [0.29, 0.717) is 11.3 Å². The minimum Gasteiger partial charge on any atom is -0.491 e. The van der Waals surface area contributed by atoms with E-state index in [9.17, 15) is 13.9 Å². The van der Waals surface area contributed by atoms with Crippen LogP contribution in [0.15, 0.2) is 24.3 Å². The number of hydrogen-bond acceptors (Lipinski definition) is 2. The van der Waals surface area contributed by atoms with Crippen LogP contribution in [0.25, 0.3) is 0 Å². The Morgan fingerprint density at radius 3 is 1.95 bits per heavy atom. The third-order valence-corrected chi connectivity index (χ3v) is 3.88. The van der Waals surface area contributed by atoms with Crippen molar-refractivity contribution in [2.24, 2.45) is 11.8 Å². The number of ether oxygens (including phenoxy) is 1. The van der Waals surface area contributed by atoms with Crippen LogP contribution in [0.3, 0.4) is 0 Å². The fourth-order valence-corrected chi connectivity index (χ4v) is 2.73. The molecular weight excluding hydrogens is 274 g/mol. The molecular formula is C17H26F2O2. The molecule has 0 heterocycles. The number of benzene rings is 1. The van der Waals surface area contributed by atoms with Crippen LogP contribution in [0.5, 0.6) is 5.75 Å². The minimum absolute atomic E-state index is 0.0456. The fourth-order valence-electron chi connectivity index (χ4n) is 2.73. The Bertz CT molecular complexity index is 429. The normalized spacial score (nSPS) is 16.3. The van der Waals surface area contributed by atoms with E-state index in [1.807, 2.05) is 13.8 Å². The molecule has 0 fully saturated rings. The molecule has 0 aliphatic carbocycles. The maximum Gasteiger partial charge on any atom is 0.244 e. The molecule has 4 heteroatoms. The summed E-state index contributed by atoms with van der Waals surface area (Å²) in [7, 11) is 0. The second kappa shape index (κ2) is 7.21. The zero-order valence-corrected chi connectivity index (χ0v) is 13.4. The lowest BCUT2D eigenvalue weighted by molar-refractivity contribution is -0.121. The molecule has 1 rings (SSSR count). The molecule has 0 aromatic heterocycles. The van der Waals surface area contributed by atoms with E-state index in [1.54, 1.807) is 45.0 Å². The van der Waals surface area contributed by atoms with Gasteiger partial charge in [-0.2, -0.15) is 0 Å². The van der Waals surface area contributed by atoms with Gasteiger partial charge in [-0.1, -0.05) is 32.9 Å². The van der Waals surface area contributed by atoms with Gasteiger partial charge in [0.1, 0.15) is 11.4 Å². The van der Waals surface area contributed by atoms with Crippen LogP contribution in [-0.4, -0.2) is 17.6 Å². The Hall–Kier alpha value is -1.16. The molecule has 0 radical (unpaired) electrons. The maximum absolute atomic E-state index is 13.3. The Morgan fingerprint density at radius 1 is 1.10 bits per heavy atom. The summed E-state index contributed by atoms with van der Waals surface area (Å²) < 4.78 is 32.2. The van der Waals surface area contributed by atoms with Gasteiger partial charge >= 0.3 is 0 Å². The summed E-state index contributed by atoms with van der Waals surface area (Å²) in [6, 6.07) is 6.81. The van der Waals surface area contributed by atoms with Gasteiger partial charge in [-0.15, -0.1) is 0 Å². The molecule has 0 aliphatic rings. The van der Waals surface area contributed by atoms with Crippen molar-refractivity contribution in [1.29, 1.82) is 0 Å². The van der Waals surface area contributed by atoms with Crippen molar-refractivity contribution in [2.45, 2.75) is 59.2 Å². The Balaban J connectivity index is 3.16. The lowest BCUT2D eigenvalue weighted by atomic mass is 9.72. The average Bonchev–Trinajstić information content (AvgIpc) is 2.38. The molecule has 0 spiro atoms. The van der Waals surface area contributed by atoms with E-state index < -0.39 is 17.9 Å². The topological polar surface area (TPSA) is 29.5 Å². The van der Waals surface area contributed by atoms with Crippen molar-refractivity contribution in [3.05, 3.63) is 29.8 Å². The minimum atomic E-state index is -2.56. The predicted molar refractivity (Wildman–Crippen MR) is 80.7 cm³/mol. The number of rotatable bonds is 7. The molecule has 0 amide bonds. The maximum atomic E-state index is 13.3. The molecule has 1 aromatic carbocycles. The number of aliphatic hydroxyl groups is 1. The molecule has 2 nitrogen and oxygen atoms in total. The first-order chi connectivity index (χ1) is 9.73. The molecule has 0 bridgehead atoms. The second-order valence-electron chi connectivity index (χ2n) is 6.02. The first-order valence-electron chi connectivity index (χ1n) is 7.51. The second-order valence-corrected chi connectivity index (χ2v) is 6.02. The highest BCUT2D eigenvalue weighted by atomic mass is 19.3. The third-order valence-electron chi connectivity index (χ3n) is 3.88. The lowest BCUT2D eigenvalue weighted by Crippen LogP contribution is -2.43. The van der Waals surface area contributed by atoms with Crippen molar-refractivity contribution in [3.8, 4) is 5.75 Å². The monoisotopic (exact) mass is 300 g/mol. The molecule has 1 aromatic rings. The van der Waals surface area contributed by atoms with Crippen molar-refractivity contribution in [3.63, 3.8) is 0 Å². The van der Waals surface area contributed by atoms with Gasteiger partial charge in [-0.25, -0.2) is 8.78 Å². The fraction of sp³-hybridized carbons (Fsp3) is 0.647. The Labute approximate surface area is 126 Å². The quantitative estimate of drug-likeness (QED) is 0.797.